The molecule has 1 aromatic heterocycles. The Morgan fingerprint density at radius 1 is 1.29 bits per heavy atom. The number of hydrogen-bond acceptors (Lipinski definition) is 5. The van der Waals surface area contributed by atoms with Crippen molar-refractivity contribution in [1.82, 2.24) is 15.6 Å². The van der Waals surface area contributed by atoms with E-state index < -0.39 is 5.97 Å². The fourth-order valence-corrected chi connectivity index (χ4v) is 1.75. The van der Waals surface area contributed by atoms with Crippen LogP contribution in [0.1, 0.15) is 33.3 Å². The standard InChI is InChI=1S/C14H16N4O3/c1-3-21-14(20)11-9(2)15-16-12(11)17-18-13(19)10-7-5-4-6-8-10/h4-8H,3H2,1-2H3,(H,18,19)(H2,15,16,17). The van der Waals surface area contributed by atoms with Gasteiger partial charge in [-0.3, -0.25) is 20.7 Å². The molecule has 0 bridgehead atoms. The Labute approximate surface area is 121 Å². The van der Waals surface area contributed by atoms with Gasteiger partial charge >= 0.3 is 5.97 Å². The molecule has 0 fully saturated rings. The van der Waals surface area contributed by atoms with E-state index >= 15 is 0 Å². The van der Waals surface area contributed by atoms with Gasteiger partial charge in [0.25, 0.3) is 5.91 Å². The zero-order chi connectivity index (χ0) is 15.2. The van der Waals surface area contributed by atoms with Crippen molar-refractivity contribution >= 4 is 17.7 Å². The predicted octanol–water partition coefficient (Wildman–Crippen LogP) is 1.65. The minimum Gasteiger partial charge on any atom is -0.462 e. The summed E-state index contributed by atoms with van der Waals surface area (Å²) in [5.41, 5.74) is 6.44. The molecule has 0 spiro atoms. The zero-order valence-corrected chi connectivity index (χ0v) is 11.8. The summed E-state index contributed by atoms with van der Waals surface area (Å²) in [6, 6.07) is 8.70. The summed E-state index contributed by atoms with van der Waals surface area (Å²) < 4.78 is 4.95. The molecule has 0 atom stereocenters. The van der Waals surface area contributed by atoms with Crippen LogP contribution in [0.25, 0.3) is 0 Å². The van der Waals surface area contributed by atoms with Crippen molar-refractivity contribution < 1.29 is 14.3 Å². The Hall–Kier alpha value is -2.83. The largest absolute Gasteiger partial charge is 0.462 e. The second kappa shape index (κ2) is 6.56. The van der Waals surface area contributed by atoms with E-state index in [2.05, 4.69) is 21.0 Å². The summed E-state index contributed by atoms with van der Waals surface area (Å²) in [4.78, 5) is 23.7. The molecule has 0 unspecified atom stereocenters. The first-order valence-corrected chi connectivity index (χ1v) is 6.47. The highest BCUT2D eigenvalue weighted by molar-refractivity contribution is 5.98. The highest BCUT2D eigenvalue weighted by atomic mass is 16.5. The number of amides is 1. The van der Waals surface area contributed by atoms with Crippen molar-refractivity contribution in [2.75, 3.05) is 12.0 Å². The molecule has 0 saturated carbocycles. The first kappa shape index (κ1) is 14.6. The van der Waals surface area contributed by atoms with Gasteiger partial charge in [0.05, 0.1) is 6.61 Å². The number of aromatic amines is 1. The number of hydrogen-bond donors (Lipinski definition) is 3. The van der Waals surface area contributed by atoms with E-state index in [0.29, 0.717) is 11.3 Å². The normalized spacial score (nSPS) is 10.0. The van der Waals surface area contributed by atoms with E-state index in [9.17, 15) is 9.59 Å². The smallest absolute Gasteiger partial charge is 0.343 e. The van der Waals surface area contributed by atoms with E-state index in [0.717, 1.165) is 0 Å². The number of esters is 1. The van der Waals surface area contributed by atoms with Crippen LogP contribution in [-0.2, 0) is 4.74 Å². The third-order valence-corrected chi connectivity index (χ3v) is 2.76. The Kier molecular flexibility index (Phi) is 4.55. The Bertz CT molecular complexity index is 637. The fourth-order valence-electron chi connectivity index (χ4n) is 1.75. The van der Waals surface area contributed by atoms with E-state index in [-0.39, 0.29) is 23.9 Å². The molecule has 1 aromatic carbocycles. The molecule has 1 amide bonds. The third-order valence-electron chi connectivity index (χ3n) is 2.76. The van der Waals surface area contributed by atoms with Crippen molar-refractivity contribution in [2.45, 2.75) is 13.8 Å². The molecule has 7 nitrogen and oxygen atoms in total. The second-order valence-corrected chi connectivity index (χ2v) is 4.24. The van der Waals surface area contributed by atoms with E-state index in [1.165, 1.54) is 0 Å². The van der Waals surface area contributed by atoms with Gasteiger partial charge in [-0.25, -0.2) is 4.79 Å². The lowest BCUT2D eigenvalue weighted by Gasteiger charge is -2.08. The van der Waals surface area contributed by atoms with E-state index in [4.69, 9.17) is 4.74 Å². The molecule has 7 heteroatoms. The van der Waals surface area contributed by atoms with Crippen LogP contribution in [0.3, 0.4) is 0 Å². The Morgan fingerprint density at radius 2 is 2.00 bits per heavy atom. The van der Waals surface area contributed by atoms with Gasteiger partial charge in [0.2, 0.25) is 0 Å². The summed E-state index contributed by atoms with van der Waals surface area (Å²) in [6.07, 6.45) is 0. The molecule has 0 radical (unpaired) electrons. The van der Waals surface area contributed by atoms with E-state index in [1.54, 1.807) is 38.1 Å². The average molecular weight is 288 g/mol. The summed E-state index contributed by atoms with van der Waals surface area (Å²) in [5.74, 6) is -0.610. The summed E-state index contributed by atoms with van der Waals surface area (Å²) >= 11 is 0. The SMILES string of the molecule is CCOC(=O)c1c(NNC(=O)c2ccccc2)n[nH]c1C. The number of ether oxygens (including phenoxy) is 1. The number of nitrogens with zero attached hydrogens (tertiary/aromatic N) is 1. The number of anilines is 1. The molecular formula is C14H16N4O3. The monoisotopic (exact) mass is 288 g/mol. The molecule has 0 aliphatic rings. The van der Waals surface area contributed by atoms with Crippen molar-refractivity contribution in [1.29, 1.82) is 0 Å². The minimum atomic E-state index is -0.500. The van der Waals surface area contributed by atoms with Crippen LogP contribution < -0.4 is 10.9 Å². The van der Waals surface area contributed by atoms with Crippen LogP contribution in [0, 0.1) is 6.92 Å². The molecule has 2 rings (SSSR count). The number of aryl methyl sites for hydroxylation is 1. The van der Waals surface area contributed by atoms with Crippen LogP contribution in [0.2, 0.25) is 0 Å². The van der Waals surface area contributed by atoms with E-state index in [1.807, 2.05) is 6.07 Å². The minimum absolute atomic E-state index is 0.218. The van der Waals surface area contributed by atoms with Gasteiger partial charge in [-0.2, -0.15) is 5.10 Å². The van der Waals surface area contributed by atoms with Gasteiger partial charge in [0.15, 0.2) is 5.82 Å². The molecule has 2 aromatic rings. The third kappa shape index (κ3) is 3.38. The Balaban J connectivity index is 2.07. The fraction of sp³-hybridized carbons (Fsp3) is 0.214. The van der Waals surface area contributed by atoms with Crippen LogP contribution in [0.15, 0.2) is 30.3 Å². The first-order chi connectivity index (χ1) is 10.1. The van der Waals surface area contributed by atoms with Gasteiger partial charge in [0.1, 0.15) is 5.56 Å². The van der Waals surface area contributed by atoms with Gasteiger partial charge in [-0.1, -0.05) is 18.2 Å². The molecular weight excluding hydrogens is 272 g/mol. The van der Waals surface area contributed by atoms with Crippen molar-refractivity contribution in [3.8, 4) is 0 Å². The zero-order valence-electron chi connectivity index (χ0n) is 11.8. The lowest BCUT2D eigenvalue weighted by atomic mass is 10.2. The molecule has 1 heterocycles. The van der Waals surface area contributed by atoms with Gasteiger partial charge < -0.3 is 4.74 Å². The molecule has 0 aliphatic carbocycles. The van der Waals surface area contributed by atoms with Crippen molar-refractivity contribution in [2.24, 2.45) is 0 Å². The lowest BCUT2D eigenvalue weighted by Crippen LogP contribution is -2.30. The second-order valence-electron chi connectivity index (χ2n) is 4.24. The average Bonchev–Trinajstić information content (AvgIpc) is 2.87. The summed E-state index contributed by atoms with van der Waals surface area (Å²) in [7, 11) is 0. The number of H-pyrrole nitrogens is 1. The van der Waals surface area contributed by atoms with Crippen LogP contribution in [0.5, 0.6) is 0 Å². The molecule has 110 valence electrons. The van der Waals surface area contributed by atoms with Crippen LogP contribution in [0.4, 0.5) is 5.82 Å². The molecule has 21 heavy (non-hydrogen) atoms. The quantitative estimate of drug-likeness (QED) is 0.574. The number of aromatic nitrogens is 2. The van der Waals surface area contributed by atoms with Crippen LogP contribution >= 0.6 is 0 Å². The van der Waals surface area contributed by atoms with Gasteiger partial charge in [-0.15, -0.1) is 0 Å². The van der Waals surface area contributed by atoms with Gasteiger partial charge in [0, 0.05) is 11.3 Å². The maximum atomic E-state index is 11.9. The highest BCUT2D eigenvalue weighted by Crippen LogP contribution is 2.16. The molecule has 0 saturated heterocycles. The number of carbonyl (C=O) groups is 2. The van der Waals surface area contributed by atoms with Gasteiger partial charge in [-0.05, 0) is 26.0 Å². The van der Waals surface area contributed by atoms with Crippen molar-refractivity contribution in [3.63, 3.8) is 0 Å². The van der Waals surface area contributed by atoms with Crippen molar-refractivity contribution in [3.05, 3.63) is 47.2 Å². The lowest BCUT2D eigenvalue weighted by molar-refractivity contribution is 0.0526. The number of rotatable bonds is 5. The topological polar surface area (TPSA) is 96.1 Å². The summed E-state index contributed by atoms with van der Waals surface area (Å²) in [5, 5.41) is 6.61. The maximum Gasteiger partial charge on any atom is 0.343 e. The van der Waals surface area contributed by atoms with Crippen LogP contribution in [-0.4, -0.2) is 28.7 Å². The number of hydrazine groups is 1. The molecule has 3 N–H and O–H groups in total. The summed E-state index contributed by atoms with van der Waals surface area (Å²) in [6.45, 7) is 3.68. The maximum absolute atomic E-state index is 11.9. The number of carbonyl (C=O) groups excluding carboxylic acids is 2. The number of nitrogens with one attached hydrogen (secondary N) is 3. The predicted molar refractivity (Wildman–Crippen MR) is 76.8 cm³/mol. The first-order valence-electron chi connectivity index (χ1n) is 6.47. The highest BCUT2D eigenvalue weighted by Gasteiger charge is 2.19. The number of benzene rings is 1. The molecule has 0 aliphatic heterocycles. The Morgan fingerprint density at radius 3 is 2.67 bits per heavy atom.